The number of carbonyl (C=O) groups is 1. The molecule has 1 amide bonds. The molecule has 0 radical (unpaired) electrons. The second-order valence-corrected chi connectivity index (χ2v) is 4.74. The van der Waals surface area contributed by atoms with Gasteiger partial charge in [-0.3, -0.25) is 4.79 Å². The van der Waals surface area contributed by atoms with Crippen LogP contribution >= 0.6 is 0 Å². The minimum Gasteiger partial charge on any atom is -0.338 e. The molecule has 0 aromatic carbocycles. The van der Waals surface area contributed by atoms with Gasteiger partial charge in [-0.15, -0.1) is 0 Å². The normalized spacial score (nSPS) is 44.2. The average Bonchev–Trinajstić information content (AvgIpc) is 2.63. The van der Waals surface area contributed by atoms with E-state index in [1.165, 1.54) is 6.42 Å². The lowest BCUT2D eigenvalue weighted by molar-refractivity contribution is -0.128. The molecule has 3 nitrogen and oxygen atoms in total. The highest BCUT2D eigenvalue weighted by Gasteiger charge is 2.54. The molecule has 3 unspecified atom stereocenters. The van der Waals surface area contributed by atoms with E-state index in [0.29, 0.717) is 17.9 Å². The van der Waals surface area contributed by atoms with Gasteiger partial charge in [-0.2, -0.15) is 0 Å². The number of rotatable bonds is 2. The first-order chi connectivity index (χ1) is 6.07. The molecule has 1 saturated heterocycles. The van der Waals surface area contributed by atoms with E-state index in [-0.39, 0.29) is 11.9 Å². The maximum absolute atomic E-state index is 11.5. The van der Waals surface area contributed by atoms with Gasteiger partial charge in [-0.25, -0.2) is 0 Å². The van der Waals surface area contributed by atoms with Gasteiger partial charge in [0.25, 0.3) is 0 Å². The average molecular weight is 182 g/mol. The summed E-state index contributed by atoms with van der Waals surface area (Å²) >= 11 is 0. The van der Waals surface area contributed by atoms with E-state index in [4.69, 9.17) is 5.73 Å². The van der Waals surface area contributed by atoms with E-state index >= 15 is 0 Å². The largest absolute Gasteiger partial charge is 0.338 e. The van der Waals surface area contributed by atoms with Crippen LogP contribution in [0.25, 0.3) is 0 Å². The van der Waals surface area contributed by atoms with Crippen LogP contribution in [0.4, 0.5) is 0 Å². The van der Waals surface area contributed by atoms with Crippen molar-refractivity contribution in [3.63, 3.8) is 0 Å². The fourth-order valence-corrected chi connectivity index (χ4v) is 2.31. The Morgan fingerprint density at radius 2 is 2.38 bits per heavy atom. The second-order valence-electron chi connectivity index (χ2n) is 4.74. The van der Waals surface area contributed by atoms with Gasteiger partial charge in [-0.1, -0.05) is 13.8 Å². The van der Waals surface area contributed by atoms with Crippen molar-refractivity contribution in [1.29, 1.82) is 0 Å². The second kappa shape index (κ2) is 2.71. The van der Waals surface area contributed by atoms with Gasteiger partial charge < -0.3 is 10.6 Å². The van der Waals surface area contributed by atoms with Gasteiger partial charge in [0.2, 0.25) is 5.91 Å². The van der Waals surface area contributed by atoms with Crippen LogP contribution in [0.5, 0.6) is 0 Å². The Kier molecular flexibility index (Phi) is 1.88. The Bertz CT molecular complexity index is 241. The zero-order chi connectivity index (χ0) is 9.64. The molecule has 13 heavy (non-hydrogen) atoms. The van der Waals surface area contributed by atoms with Crippen molar-refractivity contribution in [2.75, 3.05) is 6.54 Å². The van der Waals surface area contributed by atoms with Gasteiger partial charge in [0, 0.05) is 25.0 Å². The predicted octanol–water partition coefficient (Wildman–Crippen LogP) is 0.735. The lowest BCUT2D eigenvalue weighted by atomic mass is 10.1. The molecule has 1 heterocycles. The summed E-state index contributed by atoms with van der Waals surface area (Å²) in [5, 5.41) is 0. The smallest absolute Gasteiger partial charge is 0.224 e. The highest BCUT2D eigenvalue weighted by Crippen LogP contribution is 2.52. The summed E-state index contributed by atoms with van der Waals surface area (Å²) in [6.45, 7) is 5.23. The summed E-state index contributed by atoms with van der Waals surface area (Å²) in [6.07, 6.45) is 2.88. The number of amides is 1. The fourth-order valence-electron chi connectivity index (χ4n) is 2.31. The monoisotopic (exact) mass is 182 g/mol. The number of hydrogen-bond acceptors (Lipinski definition) is 2. The minimum atomic E-state index is 0.0780. The van der Waals surface area contributed by atoms with E-state index in [9.17, 15) is 4.79 Å². The van der Waals surface area contributed by atoms with Crippen molar-refractivity contribution in [3.05, 3.63) is 0 Å². The highest BCUT2D eigenvalue weighted by molar-refractivity contribution is 5.80. The molecule has 2 rings (SSSR count). The van der Waals surface area contributed by atoms with Crippen molar-refractivity contribution in [3.8, 4) is 0 Å². The Morgan fingerprint density at radius 1 is 1.69 bits per heavy atom. The Hall–Kier alpha value is -0.570. The van der Waals surface area contributed by atoms with E-state index in [0.717, 1.165) is 13.0 Å². The Balaban J connectivity index is 2.01. The molecule has 0 aromatic heterocycles. The summed E-state index contributed by atoms with van der Waals surface area (Å²) in [4.78, 5) is 13.5. The summed E-state index contributed by atoms with van der Waals surface area (Å²) < 4.78 is 0. The first kappa shape index (κ1) is 9.00. The lowest BCUT2D eigenvalue weighted by Crippen LogP contribution is -2.32. The zero-order valence-corrected chi connectivity index (χ0v) is 8.42. The summed E-state index contributed by atoms with van der Waals surface area (Å²) in [5.74, 6) is 0.259. The summed E-state index contributed by atoms with van der Waals surface area (Å²) in [7, 11) is 0. The molecule has 0 spiro atoms. The van der Waals surface area contributed by atoms with E-state index in [1.54, 1.807) is 0 Å². The van der Waals surface area contributed by atoms with Crippen molar-refractivity contribution in [2.45, 2.75) is 45.2 Å². The van der Waals surface area contributed by atoms with Crippen molar-refractivity contribution < 1.29 is 4.79 Å². The Morgan fingerprint density at radius 3 is 2.77 bits per heavy atom. The van der Waals surface area contributed by atoms with Crippen LogP contribution in [-0.4, -0.2) is 29.4 Å². The van der Waals surface area contributed by atoms with Crippen LogP contribution in [0, 0.1) is 5.41 Å². The molecular weight excluding hydrogens is 164 g/mol. The maximum Gasteiger partial charge on any atom is 0.224 e. The highest BCUT2D eigenvalue weighted by atomic mass is 16.2. The number of hydrogen-bond donors (Lipinski definition) is 1. The molecule has 3 heteroatoms. The third-order valence-corrected chi connectivity index (χ3v) is 3.68. The fraction of sp³-hybridized carbons (Fsp3) is 0.900. The van der Waals surface area contributed by atoms with Gasteiger partial charge in [-0.05, 0) is 18.3 Å². The van der Waals surface area contributed by atoms with Crippen LogP contribution in [0.2, 0.25) is 0 Å². The van der Waals surface area contributed by atoms with Crippen LogP contribution in [0.1, 0.15) is 33.1 Å². The molecular formula is C10H18N2O. The summed E-state index contributed by atoms with van der Waals surface area (Å²) in [5.41, 5.74) is 6.14. The van der Waals surface area contributed by atoms with Crippen molar-refractivity contribution in [1.82, 2.24) is 4.90 Å². The van der Waals surface area contributed by atoms with Crippen LogP contribution in [0.3, 0.4) is 0 Å². The van der Waals surface area contributed by atoms with Gasteiger partial charge in [0.1, 0.15) is 0 Å². The van der Waals surface area contributed by atoms with Crippen molar-refractivity contribution >= 4 is 5.91 Å². The molecule has 2 fully saturated rings. The third kappa shape index (κ3) is 1.35. The molecule has 1 saturated carbocycles. The molecule has 1 aliphatic heterocycles. The molecule has 2 N–H and O–H groups in total. The van der Waals surface area contributed by atoms with Gasteiger partial charge in [0.15, 0.2) is 0 Å². The van der Waals surface area contributed by atoms with E-state index in [1.807, 2.05) is 4.90 Å². The molecule has 1 aliphatic carbocycles. The first-order valence-corrected chi connectivity index (χ1v) is 5.12. The van der Waals surface area contributed by atoms with Crippen LogP contribution in [0.15, 0.2) is 0 Å². The summed E-state index contributed by atoms with van der Waals surface area (Å²) in [6, 6.07) is 0.563. The van der Waals surface area contributed by atoms with Crippen LogP contribution in [-0.2, 0) is 4.79 Å². The molecule has 3 atom stereocenters. The number of nitrogens with two attached hydrogens (primary N) is 1. The standard InChI is InChI=1S/C10H18N2O/c1-3-10(2)5-8(10)12-6-7(11)4-9(12)13/h7-8H,3-6,11H2,1-2H3. The first-order valence-electron chi connectivity index (χ1n) is 5.12. The SMILES string of the molecule is CCC1(C)CC1N1CC(N)CC1=O. The quantitative estimate of drug-likeness (QED) is 0.684. The zero-order valence-electron chi connectivity index (χ0n) is 8.42. The maximum atomic E-state index is 11.5. The topological polar surface area (TPSA) is 46.3 Å². The van der Waals surface area contributed by atoms with Crippen molar-refractivity contribution in [2.24, 2.45) is 11.1 Å². The van der Waals surface area contributed by atoms with E-state index in [2.05, 4.69) is 13.8 Å². The number of carbonyl (C=O) groups excluding carboxylic acids is 1. The van der Waals surface area contributed by atoms with E-state index < -0.39 is 0 Å². The lowest BCUT2D eigenvalue weighted by Gasteiger charge is -2.19. The van der Waals surface area contributed by atoms with Gasteiger partial charge >= 0.3 is 0 Å². The molecule has 0 bridgehead atoms. The number of nitrogens with zero attached hydrogens (tertiary/aromatic N) is 1. The molecule has 0 aromatic rings. The molecule has 74 valence electrons. The minimum absolute atomic E-state index is 0.0780. The molecule has 2 aliphatic rings. The predicted molar refractivity (Wildman–Crippen MR) is 51.1 cm³/mol. The Labute approximate surface area is 79.3 Å². The van der Waals surface area contributed by atoms with Crippen LogP contribution < -0.4 is 5.73 Å². The number of likely N-dealkylation sites (tertiary alicyclic amines) is 1. The third-order valence-electron chi connectivity index (χ3n) is 3.68. The van der Waals surface area contributed by atoms with Gasteiger partial charge in [0.05, 0.1) is 0 Å².